The molecule has 22 N–H and O–H groups in total. The summed E-state index contributed by atoms with van der Waals surface area (Å²) in [5, 5.41) is 19.7. The van der Waals surface area contributed by atoms with Crippen molar-refractivity contribution in [2.45, 2.75) is 173 Å². The fraction of sp³-hybridized carbons (Fsp3) is 0.661. The summed E-state index contributed by atoms with van der Waals surface area (Å²) in [4.78, 5) is 159. The standard InChI is InChI=1S/C56H96N22O10/c1-4-35(2)46(53(88)69-33-36(3)79)76-44(82)22-21-43(81)73-40(51(86)75-41(18-14-27-68-56(62)63)52(87)74-38(47(57)84)16-12-25-66-54(58)59)15-10-11-24-65-50(85)39(17-13-26-67-55(60)61)72-42(80)19-8-6-5-7-9-20-45(83)77-29-31-78(32-30-77)49-37-23-28-64-48(37)70-34-71-49/h23,28,34-35,38-41,46H,4-22,24-27,29-33H2,1-3H3,(H2,57,84)(H,65,85)(H,69,88)(H,72,80)(H,73,81)(H,74,87)(H,75,86)(H,76,82)(H4,58,59,66)(H4,60,61,67)(H4,62,63,68)(H,64,70,71)/t35-,38+,39+,40-,41+,46-/m0/s1. The van der Waals surface area contributed by atoms with Gasteiger partial charge in [0.05, 0.1) is 11.9 Å². The number of guanidine groups is 3. The van der Waals surface area contributed by atoms with E-state index in [9.17, 15) is 47.9 Å². The third-order valence-corrected chi connectivity index (χ3v) is 14.6. The van der Waals surface area contributed by atoms with E-state index in [1.54, 1.807) is 6.92 Å². The predicted molar refractivity (Wildman–Crippen MR) is 333 cm³/mol. The molecule has 9 amide bonds. The highest BCUT2D eigenvalue weighted by Gasteiger charge is 2.31. The second-order valence-electron chi connectivity index (χ2n) is 21.8. The summed E-state index contributed by atoms with van der Waals surface area (Å²) in [7, 11) is 0. The third kappa shape index (κ3) is 29.0. The molecule has 1 aliphatic heterocycles. The van der Waals surface area contributed by atoms with Gasteiger partial charge in [-0.1, -0.05) is 39.5 Å². The largest absolute Gasteiger partial charge is 0.370 e. The van der Waals surface area contributed by atoms with E-state index in [4.69, 9.17) is 40.1 Å². The molecule has 0 radical (unpaired) electrons. The summed E-state index contributed by atoms with van der Waals surface area (Å²) in [6.45, 7) is 7.72. The van der Waals surface area contributed by atoms with Gasteiger partial charge in [0.25, 0.3) is 0 Å². The fourth-order valence-corrected chi connectivity index (χ4v) is 9.51. The Hall–Kier alpha value is -8.87. The molecule has 3 heterocycles. The molecule has 32 nitrogen and oxygen atoms in total. The average molecular weight is 1240 g/mol. The van der Waals surface area contributed by atoms with Gasteiger partial charge in [-0.2, -0.15) is 0 Å². The smallest absolute Gasteiger partial charge is 0.243 e. The Morgan fingerprint density at radius 1 is 0.557 bits per heavy atom. The molecule has 0 bridgehead atoms. The number of hydrogen-bond donors (Lipinski definition) is 15. The highest BCUT2D eigenvalue weighted by Crippen LogP contribution is 2.23. The van der Waals surface area contributed by atoms with Crippen molar-refractivity contribution in [2.24, 2.45) is 61.0 Å². The van der Waals surface area contributed by atoms with Gasteiger partial charge in [-0.3, -0.25) is 62.9 Å². The first-order valence-electron chi connectivity index (χ1n) is 30.3. The minimum absolute atomic E-state index is 0.0288. The van der Waals surface area contributed by atoms with E-state index in [0.29, 0.717) is 51.9 Å². The summed E-state index contributed by atoms with van der Waals surface area (Å²) >= 11 is 0. The Balaban J connectivity index is 1.62. The van der Waals surface area contributed by atoms with Gasteiger partial charge in [0.1, 0.15) is 53.8 Å². The quantitative estimate of drug-likeness (QED) is 0.0181. The molecule has 490 valence electrons. The number of piperazine rings is 1. The van der Waals surface area contributed by atoms with Gasteiger partial charge >= 0.3 is 0 Å². The zero-order valence-electron chi connectivity index (χ0n) is 51.2. The lowest BCUT2D eigenvalue weighted by Gasteiger charge is -2.35. The lowest BCUT2D eigenvalue weighted by molar-refractivity contribution is -0.134. The van der Waals surface area contributed by atoms with Crippen LogP contribution in [-0.4, -0.2) is 186 Å². The van der Waals surface area contributed by atoms with Crippen LogP contribution in [0.3, 0.4) is 0 Å². The number of nitrogens with one attached hydrogen (secondary N) is 8. The first-order chi connectivity index (χ1) is 42.0. The SMILES string of the molecule is CC[C@H](C)[C@H](NC(=O)CCC(=O)N[C@@H](CCCCNC(=O)[C@@H](CCCN=C(N)N)NC(=O)CCCCCCCC(=O)N1CCN(c2ncnc3[nH]ccc23)CC1)C(=O)N[C@H](CCCN=C(N)N)C(=O)N[C@H](CCCN=C(N)N)C(N)=O)C(=O)NCC(C)=O. The number of ketones is 1. The molecule has 1 saturated heterocycles. The number of carbonyl (C=O) groups excluding carboxylic acids is 10. The number of Topliss-reactive ketones (excluding diaryl/α,β-unsaturated/α-hetero) is 1. The van der Waals surface area contributed by atoms with Crippen LogP contribution in [0.25, 0.3) is 11.0 Å². The Morgan fingerprint density at radius 3 is 1.61 bits per heavy atom. The maximum Gasteiger partial charge on any atom is 0.243 e. The summed E-state index contributed by atoms with van der Waals surface area (Å²) in [5.41, 5.74) is 39.2. The number of fused-ring (bicyclic) bond motifs is 1. The third-order valence-electron chi connectivity index (χ3n) is 14.6. The van der Waals surface area contributed by atoms with Crippen LogP contribution in [-0.2, 0) is 47.9 Å². The maximum absolute atomic E-state index is 14.2. The van der Waals surface area contributed by atoms with Gasteiger partial charge in [-0.15, -0.1) is 0 Å². The van der Waals surface area contributed by atoms with Crippen molar-refractivity contribution >= 4 is 93.7 Å². The topological polar surface area (TPSA) is 522 Å². The molecule has 0 saturated carbocycles. The van der Waals surface area contributed by atoms with Gasteiger partial charge in [-0.25, -0.2) is 9.97 Å². The van der Waals surface area contributed by atoms with Crippen LogP contribution in [0, 0.1) is 5.92 Å². The van der Waals surface area contributed by atoms with Crippen LogP contribution in [0.15, 0.2) is 33.6 Å². The molecule has 6 atom stereocenters. The molecule has 1 fully saturated rings. The van der Waals surface area contributed by atoms with Crippen LogP contribution in [0.4, 0.5) is 5.82 Å². The number of unbranched alkanes of at least 4 members (excludes halogenated alkanes) is 5. The first kappa shape index (κ1) is 73.4. The Labute approximate surface area is 513 Å². The zero-order valence-corrected chi connectivity index (χ0v) is 51.2. The van der Waals surface area contributed by atoms with E-state index in [2.05, 4.69) is 72.0 Å². The second kappa shape index (κ2) is 40.5. The van der Waals surface area contributed by atoms with Gasteiger partial charge in [0.2, 0.25) is 53.2 Å². The van der Waals surface area contributed by atoms with Crippen molar-refractivity contribution in [3.05, 3.63) is 18.6 Å². The Morgan fingerprint density at radius 2 is 1.06 bits per heavy atom. The molecular weight excluding hydrogens is 1140 g/mol. The van der Waals surface area contributed by atoms with E-state index >= 15 is 0 Å². The number of aromatic amines is 1. The molecule has 2 aromatic rings. The van der Waals surface area contributed by atoms with Crippen LogP contribution < -0.4 is 82.3 Å². The van der Waals surface area contributed by atoms with Crippen molar-refractivity contribution in [1.82, 2.24) is 57.1 Å². The summed E-state index contributed by atoms with van der Waals surface area (Å²) in [6, 6.07) is -3.76. The molecule has 0 spiro atoms. The molecule has 3 rings (SSSR count). The minimum atomic E-state index is -1.30. The van der Waals surface area contributed by atoms with Crippen molar-refractivity contribution in [3.63, 3.8) is 0 Å². The van der Waals surface area contributed by atoms with Crippen molar-refractivity contribution in [1.29, 1.82) is 0 Å². The molecule has 32 heteroatoms. The molecule has 88 heavy (non-hydrogen) atoms. The number of amides is 9. The number of rotatable bonds is 43. The molecule has 0 aliphatic carbocycles. The monoisotopic (exact) mass is 1240 g/mol. The lowest BCUT2D eigenvalue weighted by atomic mass is 9.98. The number of carbonyl (C=O) groups is 10. The zero-order chi connectivity index (χ0) is 65.0. The Bertz CT molecular complexity index is 2680. The normalized spacial score (nSPS) is 14.1. The van der Waals surface area contributed by atoms with E-state index in [1.807, 2.05) is 24.1 Å². The summed E-state index contributed by atoms with van der Waals surface area (Å²) in [6.07, 6.45) is 8.89. The number of H-pyrrole nitrogens is 1. The van der Waals surface area contributed by atoms with E-state index in [-0.39, 0.29) is 138 Å². The molecule has 1 aliphatic rings. The van der Waals surface area contributed by atoms with Crippen molar-refractivity contribution in [2.75, 3.05) is 63.8 Å². The number of nitrogens with two attached hydrogens (primary N) is 7. The van der Waals surface area contributed by atoms with Gasteiger partial charge in [-0.05, 0) is 89.5 Å². The number of aromatic nitrogens is 3. The van der Waals surface area contributed by atoms with Gasteiger partial charge in [0.15, 0.2) is 17.9 Å². The van der Waals surface area contributed by atoms with E-state index < -0.39 is 78.0 Å². The van der Waals surface area contributed by atoms with E-state index in [1.165, 1.54) is 13.3 Å². The minimum Gasteiger partial charge on any atom is -0.370 e. The number of primary amides is 1. The number of nitrogens with zero attached hydrogens (tertiary/aromatic N) is 7. The predicted octanol–water partition coefficient (Wildman–Crippen LogP) is -2.77. The number of aliphatic imine (C=N–C) groups is 3. The first-order valence-corrected chi connectivity index (χ1v) is 30.3. The molecule has 0 aromatic carbocycles. The van der Waals surface area contributed by atoms with Crippen molar-refractivity contribution < 1.29 is 47.9 Å². The van der Waals surface area contributed by atoms with E-state index in [0.717, 1.165) is 42.5 Å². The second-order valence-corrected chi connectivity index (χ2v) is 21.8. The fourth-order valence-electron chi connectivity index (χ4n) is 9.51. The number of anilines is 1. The maximum atomic E-state index is 14.2. The lowest BCUT2D eigenvalue weighted by Crippen LogP contribution is -2.56. The average Bonchev–Trinajstić information content (AvgIpc) is 4.11. The molecular formula is C56H96N22O10. The molecule has 0 unspecified atom stereocenters. The highest BCUT2D eigenvalue weighted by molar-refractivity contribution is 5.95. The van der Waals surface area contributed by atoms with Gasteiger partial charge in [0, 0.05) is 84.2 Å². The van der Waals surface area contributed by atoms with Crippen molar-refractivity contribution in [3.8, 4) is 0 Å². The van der Waals surface area contributed by atoms with Gasteiger partial charge < -0.3 is 92.1 Å². The Kier molecular flexibility index (Phi) is 33.8. The summed E-state index contributed by atoms with van der Waals surface area (Å²) in [5.74, 6) is -5.29. The van der Waals surface area contributed by atoms with Crippen LogP contribution >= 0.6 is 0 Å². The van der Waals surface area contributed by atoms with Crippen LogP contribution in [0.2, 0.25) is 0 Å². The highest BCUT2D eigenvalue weighted by atomic mass is 16.2. The van der Waals surface area contributed by atoms with Crippen LogP contribution in [0.1, 0.15) is 143 Å². The number of hydrogen-bond acceptors (Lipinski definition) is 16. The summed E-state index contributed by atoms with van der Waals surface area (Å²) < 4.78 is 0. The molecule has 2 aromatic heterocycles. The van der Waals surface area contributed by atoms with Crippen LogP contribution in [0.5, 0.6) is 0 Å².